The van der Waals surface area contributed by atoms with Crippen molar-refractivity contribution in [2.45, 2.75) is 6.61 Å². The average molecular weight is 499 g/mol. The minimum Gasteiger partial charge on any atom is -0.483 e. The van der Waals surface area contributed by atoms with Crippen molar-refractivity contribution in [2.24, 2.45) is 5.73 Å². The van der Waals surface area contributed by atoms with E-state index < -0.39 is 48.8 Å². The van der Waals surface area contributed by atoms with Gasteiger partial charge in [0.2, 0.25) is 12.7 Å². The van der Waals surface area contributed by atoms with Gasteiger partial charge in [0.25, 0.3) is 0 Å². The van der Waals surface area contributed by atoms with Crippen LogP contribution in [-0.4, -0.2) is 43.8 Å². The zero-order chi connectivity index (χ0) is 24.3. The third-order valence-electron chi connectivity index (χ3n) is 4.33. The number of carbonyl (C=O) groups is 3. The number of halogens is 3. The number of ether oxygens (including phenoxy) is 3. The molecule has 0 saturated carbocycles. The lowest BCUT2D eigenvalue weighted by atomic mass is 10.1. The average Bonchev–Trinajstić information content (AvgIpc) is 3.12. The zero-order valence-corrected chi connectivity index (χ0v) is 18.9. The summed E-state index contributed by atoms with van der Waals surface area (Å²) in [6.07, 6.45) is -0.712. The van der Waals surface area contributed by atoms with Crippen LogP contribution in [0.15, 0.2) is 30.3 Å². The summed E-state index contributed by atoms with van der Waals surface area (Å²) in [4.78, 5) is 36.5. The normalized spacial score (nSPS) is 10.7. The molecule has 1 heterocycles. The van der Waals surface area contributed by atoms with E-state index in [1.807, 2.05) is 0 Å². The van der Waals surface area contributed by atoms with E-state index in [1.54, 1.807) is 18.2 Å². The van der Waals surface area contributed by atoms with Crippen molar-refractivity contribution in [3.63, 3.8) is 0 Å². The zero-order valence-electron chi connectivity index (χ0n) is 17.3. The molecule has 3 aromatic rings. The molecular formula is C21H17ClF2N2O6S. The minimum atomic E-state index is -1.14. The number of benzene rings is 2. The van der Waals surface area contributed by atoms with E-state index in [4.69, 9.17) is 31.5 Å². The summed E-state index contributed by atoms with van der Waals surface area (Å²) < 4.78 is 44.3. The molecule has 33 heavy (non-hydrogen) atoms. The Labute approximate surface area is 195 Å². The third kappa shape index (κ3) is 5.32. The Morgan fingerprint density at radius 1 is 1.12 bits per heavy atom. The summed E-state index contributed by atoms with van der Waals surface area (Å²) in [6, 6.07) is 6.43. The van der Waals surface area contributed by atoms with E-state index >= 15 is 0 Å². The molecule has 0 spiro atoms. The van der Waals surface area contributed by atoms with Crippen molar-refractivity contribution in [3.8, 4) is 5.75 Å². The molecule has 0 unspecified atom stereocenters. The van der Waals surface area contributed by atoms with Crippen LogP contribution in [0, 0.1) is 11.6 Å². The Morgan fingerprint density at radius 2 is 1.79 bits per heavy atom. The summed E-state index contributed by atoms with van der Waals surface area (Å²) >= 11 is 7.31. The molecule has 3 rings (SSSR count). The molecule has 174 valence electrons. The highest BCUT2D eigenvalue weighted by molar-refractivity contribution is 7.21. The Morgan fingerprint density at radius 3 is 2.39 bits per heavy atom. The molecule has 0 aliphatic heterocycles. The van der Waals surface area contributed by atoms with Gasteiger partial charge in [-0.3, -0.25) is 4.79 Å². The second-order valence-corrected chi connectivity index (χ2v) is 8.26. The SMILES string of the molecule is CN(C)C(=O)OCOC(=O)c1sc2cccc(Cl)c2c1COc1c(F)cc(C(N)=O)cc1F. The van der Waals surface area contributed by atoms with E-state index in [0.29, 0.717) is 10.1 Å². The van der Waals surface area contributed by atoms with Gasteiger partial charge in [0.15, 0.2) is 17.4 Å². The van der Waals surface area contributed by atoms with Crippen LogP contribution in [0.5, 0.6) is 5.75 Å². The van der Waals surface area contributed by atoms with Crippen LogP contribution in [0.3, 0.4) is 0 Å². The lowest BCUT2D eigenvalue weighted by Gasteiger charge is -2.12. The first kappa shape index (κ1) is 24.2. The quantitative estimate of drug-likeness (QED) is 0.384. The topological polar surface area (TPSA) is 108 Å². The number of carbonyl (C=O) groups excluding carboxylic acids is 3. The van der Waals surface area contributed by atoms with Gasteiger partial charge < -0.3 is 24.8 Å². The molecule has 8 nitrogen and oxygen atoms in total. The summed E-state index contributed by atoms with van der Waals surface area (Å²) in [7, 11) is 2.92. The number of nitrogens with two attached hydrogens (primary N) is 1. The highest BCUT2D eigenvalue weighted by Crippen LogP contribution is 2.37. The fourth-order valence-electron chi connectivity index (χ4n) is 2.78. The second-order valence-electron chi connectivity index (χ2n) is 6.80. The van der Waals surface area contributed by atoms with Gasteiger partial charge in [0, 0.05) is 40.3 Å². The summed E-state index contributed by atoms with van der Waals surface area (Å²) in [6.45, 7) is -1.09. The van der Waals surface area contributed by atoms with E-state index in [-0.39, 0.29) is 21.0 Å². The molecule has 0 bridgehead atoms. The largest absolute Gasteiger partial charge is 0.483 e. The molecule has 0 aliphatic carbocycles. The van der Waals surface area contributed by atoms with Crippen LogP contribution < -0.4 is 10.5 Å². The van der Waals surface area contributed by atoms with E-state index in [1.165, 1.54) is 14.1 Å². The van der Waals surface area contributed by atoms with Crippen LogP contribution >= 0.6 is 22.9 Å². The van der Waals surface area contributed by atoms with Crippen molar-refractivity contribution < 1.29 is 37.4 Å². The van der Waals surface area contributed by atoms with Crippen LogP contribution in [-0.2, 0) is 16.1 Å². The van der Waals surface area contributed by atoms with Crippen LogP contribution in [0.1, 0.15) is 25.6 Å². The number of hydrogen-bond donors (Lipinski definition) is 1. The Hall–Kier alpha value is -3.44. The van der Waals surface area contributed by atoms with E-state index in [9.17, 15) is 23.2 Å². The molecule has 12 heteroatoms. The highest BCUT2D eigenvalue weighted by atomic mass is 35.5. The van der Waals surface area contributed by atoms with E-state index in [2.05, 4.69) is 0 Å². The van der Waals surface area contributed by atoms with Crippen LogP contribution in [0.2, 0.25) is 5.02 Å². The lowest BCUT2D eigenvalue weighted by Crippen LogP contribution is -2.24. The van der Waals surface area contributed by atoms with Crippen molar-refractivity contribution in [2.75, 3.05) is 20.9 Å². The van der Waals surface area contributed by atoms with Crippen molar-refractivity contribution in [3.05, 3.63) is 63.0 Å². The lowest BCUT2D eigenvalue weighted by molar-refractivity contribution is -0.00849. The third-order valence-corrected chi connectivity index (χ3v) is 5.82. The van der Waals surface area contributed by atoms with E-state index in [0.717, 1.165) is 28.4 Å². The first-order valence-electron chi connectivity index (χ1n) is 9.22. The fraction of sp³-hybridized carbons (Fsp3) is 0.190. The van der Waals surface area contributed by atoms with Crippen molar-refractivity contribution in [1.29, 1.82) is 0 Å². The van der Waals surface area contributed by atoms with Gasteiger partial charge in [-0.2, -0.15) is 0 Å². The fourth-order valence-corrected chi connectivity index (χ4v) is 4.26. The predicted molar refractivity (Wildman–Crippen MR) is 116 cm³/mol. The molecule has 2 amide bonds. The standard InChI is InChI=1S/C21H17ClF2N2O6S/c1-26(2)21(29)32-9-31-20(28)18-11(16-12(22)4-3-5-15(16)33-18)8-30-17-13(23)6-10(19(25)27)7-14(17)24/h3-7H,8-9H2,1-2H3,(H2,25,27). The van der Waals surface area contributed by atoms with Gasteiger partial charge in [-0.15, -0.1) is 11.3 Å². The predicted octanol–water partition coefficient (Wildman–Crippen LogP) is 4.32. The molecule has 0 atom stereocenters. The number of fused-ring (bicyclic) bond motifs is 1. The number of nitrogens with zero attached hydrogens (tertiary/aromatic N) is 1. The minimum absolute atomic E-state index is 0.0496. The summed E-state index contributed by atoms with van der Waals surface area (Å²) in [5.74, 6) is -4.90. The Kier molecular flexibility index (Phi) is 7.34. The molecule has 0 aliphatic rings. The molecule has 0 saturated heterocycles. The smallest absolute Gasteiger partial charge is 0.412 e. The number of rotatable bonds is 7. The van der Waals surface area contributed by atoms with Crippen LogP contribution in [0.4, 0.5) is 13.6 Å². The number of esters is 1. The first-order valence-corrected chi connectivity index (χ1v) is 10.4. The van der Waals surface area contributed by atoms with Gasteiger partial charge >= 0.3 is 12.1 Å². The summed E-state index contributed by atoms with van der Waals surface area (Å²) in [5.41, 5.74) is 4.91. The first-order chi connectivity index (χ1) is 15.6. The maximum atomic E-state index is 14.3. The van der Waals surface area contributed by atoms with Gasteiger partial charge in [-0.1, -0.05) is 17.7 Å². The van der Waals surface area contributed by atoms with Crippen LogP contribution in [0.25, 0.3) is 10.1 Å². The number of hydrogen-bond acceptors (Lipinski definition) is 7. The molecule has 2 aromatic carbocycles. The van der Waals surface area contributed by atoms with Gasteiger partial charge in [0.05, 0.1) is 0 Å². The van der Waals surface area contributed by atoms with Crippen molar-refractivity contribution in [1.82, 2.24) is 4.90 Å². The number of amides is 2. The number of thiophene rings is 1. The van der Waals surface area contributed by atoms with Gasteiger partial charge in [-0.05, 0) is 24.3 Å². The second kappa shape index (κ2) is 10.0. The monoisotopic (exact) mass is 498 g/mol. The molecular weight excluding hydrogens is 482 g/mol. The van der Waals surface area contributed by atoms with Crippen molar-refractivity contribution >= 4 is 51.0 Å². The molecule has 2 N–H and O–H groups in total. The molecule has 0 radical (unpaired) electrons. The molecule has 1 aromatic heterocycles. The number of primary amides is 1. The van der Waals surface area contributed by atoms with Gasteiger partial charge in [0.1, 0.15) is 11.5 Å². The maximum Gasteiger partial charge on any atom is 0.412 e. The molecule has 0 fully saturated rings. The summed E-state index contributed by atoms with van der Waals surface area (Å²) in [5, 5.41) is 0.724. The highest BCUT2D eigenvalue weighted by Gasteiger charge is 2.24. The Bertz CT molecular complexity index is 1220. The van der Waals surface area contributed by atoms with Gasteiger partial charge in [-0.25, -0.2) is 18.4 Å². The Balaban J connectivity index is 1.90. The maximum absolute atomic E-state index is 14.3.